The van der Waals surface area contributed by atoms with Crippen molar-refractivity contribution in [2.24, 2.45) is 0 Å². The fraction of sp³-hybridized carbons (Fsp3) is 0.538. The minimum Gasteiger partial charge on any atom is -0.394 e. The Bertz CT molecular complexity index is 419. The molecule has 106 valence electrons. The summed E-state index contributed by atoms with van der Waals surface area (Å²) >= 11 is 0. The van der Waals surface area contributed by atoms with Crippen LogP contribution in [0.25, 0.3) is 0 Å². The van der Waals surface area contributed by atoms with Crippen LogP contribution in [0.3, 0.4) is 0 Å². The maximum absolute atomic E-state index is 12.5. The smallest absolute Gasteiger partial charge is 0.394 e. The van der Waals surface area contributed by atoms with E-state index < -0.39 is 11.7 Å². The molecule has 0 aromatic heterocycles. The van der Waals surface area contributed by atoms with E-state index >= 15 is 0 Å². The van der Waals surface area contributed by atoms with Crippen molar-refractivity contribution >= 4 is 5.69 Å². The zero-order chi connectivity index (χ0) is 14.0. The number of alkyl halides is 3. The molecular formula is C13H16F3NO2. The van der Waals surface area contributed by atoms with Gasteiger partial charge < -0.3 is 14.7 Å². The molecule has 1 saturated heterocycles. The van der Waals surface area contributed by atoms with Gasteiger partial charge in [-0.3, -0.25) is 0 Å². The monoisotopic (exact) mass is 275 g/mol. The lowest BCUT2D eigenvalue weighted by Gasteiger charge is -2.37. The van der Waals surface area contributed by atoms with Crippen LogP contribution in [0.1, 0.15) is 12.5 Å². The second kappa shape index (κ2) is 5.38. The van der Waals surface area contributed by atoms with Crippen molar-refractivity contribution in [2.45, 2.75) is 25.3 Å². The minimum absolute atomic E-state index is 0.0619. The first-order chi connectivity index (χ1) is 8.90. The highest BCUT2D eigenvalue weighted by atomic mass is 19.4. The third-order valence-electron chi connectivity index (χ3n) is 3.09. The van der Waals surface area contributed by atoms with Gasteiger partial charge in [0.1, 0.15) is 0 Å². The Morgan fingerprint density at radius 2 is 1.89 bits per heavy atom. The Labute approximate surface area is 109 Å². The third kappa shape index (κ3) is 3.39. The Hall–Kier alpha value is -1.27. The van der Waals surface area contributed by atoms with E-state index in [0.717, 1.165) is 12.1 Å². The number of nitrogens with zero attached hydrogens (tertiary/aromatic N) is 1. The standard InChI is InChI=1S/C13H16F3NO2/c1-9-6-17(7-12(8-18)19-9)11-4-2-10(3-5-11)13(14,15)16/h2-5,9,12,18H,6-8H2,1H3. The predicted molar refractivity (Wildman–Crippen MR) is 65.1 cm³/mol. The van der Waals surface area contributed by atoms with Gasteiger partial charge in [0.25, 0.3) is 0 Å². The van der Waals surface area contributed by atoms with E-state index in [1.807, 2.05) is 11.8 Å². The summed E-state index contributed by atoms with van der Waals surface area (Å²) in [5.74, 6) is 0. The number of aliphatic hydroxyl groups excluding tert-OH is 1. The summed E-state index contributed by atoms with van der Waals surface area (Å²) in [6.45, 7) is 2.86. The molecule has 1 aliphatic rings. The first kappa shape index (κ1) is 14.1. The van der Waals surface area contributed by atoms with Crippen LogP contribution in [-0.2, 0) is 10.9 Å². The first-order valence-electron chi connectivity index (χ1n) is 6.08. The highest BCUT2D eigenvalue weighted by Gasteiger charge is 2.31. The Kier molecular flexibility index (Phi) is 4.01. The third-order valence-corrected chi connectivity index (χ3v) is 3.09. The molecule has 1 heterocycles. The van der Waals surface area contributed by atoms with Gasteiger partial charge in [-0.25, -0.2) is 0 Å². The van der Waals surface area contributed by atoms with Crippen molar-refractivity contribution in [3.63, 3.8) is 0 Å². The summed E-state index contributed by atoms with van der Waals surface area (Å²) in [7, 11) is 0. The minimum atomic E-state index is -4.32. The lowest BCUT2D eigenvalue weighted by molar-refractivity contribution is -0.137. The van der Waals surface area contributed by atoms with E-state index in [9.17, 15) is 13.2 Å². The van der Waals surface area contributed by atoms with Crippen LogP contribution < -0.4 is 4.90 Å². The molecule has 1 aromatic rings. The van der Waals surface area contributed by atoms with Crippen LogP contribution in [0.4, 0.5) is 18.9 Å². The van der Waals surface area contributed by atoms with Gasteiger partial charge in [-0.1, -0.05) is 0 Å². The molecule has 2 atom stereocenters. The number of anilines is 1. The second-order valence-electron chi connectivity index (χ2n) is 4.70. The Balaban J connectivity index is 2.13. The summed E-state index contributed by atoms with van der Waals surface area (Å²) in [6, 6.07) is 5.05. The topological polar surface area (TPSA) is 32.7 Å². The maximum atomic E-state index is 12.5. The molecule has 0 spiro atoms. The van der Waals surface area contributed by atoms with Crippen LogP contribution >= 0.6 is 0 Å². The number of ether oxygens (including phenoxy) is 1. The lowest BCUT2D eigenvalue weighted by atomic mass is 10.1. The maximum Gasteiger partial charge on any atom is 0.416 e. The van der Waals surface area contributed by atoms with Gasteiger partial charge in [0.15, 0.2) is 0 Å². The molecule has 0 aliphatic carbocycles. The van der Waals surface area contributed by atoms with Crippen molar-refractivity contribution in [3.05, 3.63) is 29.8 Å². The number of benzene rings is 1. The number of morpholine rings is 1. The molecule has 1 N–H and O–H groups in total. The van der Waals surface area contributed by atoms with Gasteiger partial charge in [-0.05, 0) is 31.2 Å². The van der Waals surface area contributed by atoms with Crippen molar-refractivity contribution in [2.75, 3.05) is 24.6 Å². The molecule has 0 radical (unpaired) electrons. The van der Waals surface area contributed by atoms with Gasteiger partial charge in [0.2, 0.25) is 0 Å². The van der Waals surface area contributed by atoms with Crippen LogP contribution in [0, 0.1) is 0 Å². The van der Waals surface area contributed by atoms with Crippen molar-refractivity contribution in [1.29, 1.82) is 0 Å². The number of halogens is 3. The summed E-state index contributed by atoms with van der Waals surface area (Å²) < 4.78 is 42.9. The molecule has 2 unspecified atom stereocenters. The van der Waals surface area contributed by atoms with Gasteiger partial charge >= 0.3 is 6.18 Å². The Morgan fingerprint density at radius 1 is 1.26 bits per heavy atom. The van der Waals surface area contributed by atoms with E-state index in [0.29, 0.717) is 18.8 Å². The molecule has 2 rings (SSSR count). The zero-order valence-corrected chi connectivity index (χ0v) is 10.5. The highest BCUT2D eigenvalue weighted by molar-refractivity contribution is 5.48. The van der Waals surface area contributed by atoms with Crippen LogP contribution in [-0.4, -0.2) is 37.0 Å². The fourth-order valence-electron chi connectivity index (χ4n) is 2.22. The number of rotatable bonds is 2. The molecule has 3 nitrogen and oxygen atoms in total. The largest absolute Gasteiger partial charge is 0.416 e. The summed E-state index contributed by atoms with van der Waals surface area (Å²) in [4.78, 5) is 1.93. The van der Waals surface area contributed by atoms with Gasteiger partial charge in [-0.15, -0.1) is 0 Å². The fourth-order valence-corrected chi connectivity index (χ4v) is 2.22. The van der Waals surface area contributed by atoms with Gasteiger partial charge in [0, 0.05) is 18.8 Å². The van der Waals surface area contributed by atoms with E-state index in [1.54, 1.807) is 0 Å². The molecule has 1 aliphatic heterocycles. The van der Waals surface area contributed by atoms with E-state index in [4.69, 9.17) is 9.84 Å². The zero-order valence-electron chi connectivity index (χ0n) is 10.5. The predicted octanol–water partition coefficient (Wildman–Crippen LogP) is 2.29. The van der Waals surface area contributed by atoms with E-state index in [1.165, 1.54) is 12.1 Å². The first-order valence-corrected chi connectivity index (χ1v) is 6.08. The number of aliphatic hydroxyl groups is 1. The number of hydrogen-bond donors (Lipinski definition) is 1. The Morgan fingerprint density at radius 3 is 2.42 bits per heavy atom. The van der Waals surface area contributed by atoms with Crippen LogP contribution in [0.15, 0.2) is 24.3 Å². The average Bonchev–Trinajstić information content (AvgIpc) is 2.37. The normalized spacial score (nSPS) is 24.6. The van der Waals surface area contributed by atoms with Gasteiger partial charge in [-0.2, -0.15) is 13.2 Å². The average molecular weight is 275 g/mol. The molecule has 6 heteroatoms. The van der Waals surface area contributed by atoms with Crippen molar-refractivity contribution in [1.82, 2.24) is 0 Å². The summed E-state index contributed by atoms with van der Waals surface area (Å²) in [6.07, 6.45) is -4.68. The second-order valence-corrected chi connectivity index (χ2v) is 4.70. The SMILES string of the molecule is CC1CN(c2ccc(C(F)(F)F)cc2)CC(CO)O1. The molecule has 0 saturated carbocycles. The number of hydrogen-bond acceptors (Lipinski definition) is 3. The summed E-state index contributed by atoms with van der Waals surface area (Å²) in [5, 5.41) is 9.12. The van der Waals surface area contributed by atoms with Crippen molar-refractivity contribution < 1.29 is 23.0 Å². The molecule has 1 aromatic carbocycles. The van der Waals surface area contributed by atoms with Crippen LogP contribution in [0.5, 0.6) is 0 Å². The lowest BCUT2D eigenvalue weighted by Crippen LogP contribution is -2.48. The summed E-state index contributed by atoms with van der Waals surface area (Å²) in [5.41, 5.74) is 0.0536. The highest BCUT2D eigenvalue weighted by Crippen LogP contribution is 2.31. The van der Waals surface area contributed by atoms with Gasteiger partial charge in [0.05, 0.1) is 24.4 Å². The van der Waals surface area contributed by atoms with Crippen molar-refractivity contribution in [3.8, 4) is 0 Å². The molecule has 0 bridgehead atoms. The van der Waals surface area contributed by atoms with E-state index in [2.05, 4.69) is 0 Å². The quantitative estimate of drug-likeness (QED) is 0.899. The molecule has 0 amide bonds. The molecule has 19 heavy (non-hydrogen) atoms. The van der Waals surface area contributed by atoms with E-state index in [-0.39, 0.29) is 18.8 Å². The molecule has 1 fully saturated rings. The van der Waals surface area contributed by atoms with Crippen LogP contribution in [0.2, 0.25) is 0 Å². The molecular weight excluding hydrogens is 259 g/mol.